The number of nitrogens with zero attached hydrogens (tertiary/aromatic N) is 2. The monoisotopic (exact) mass is 481 g/mol. The molecule has 0 saturated carbocycles. The van der Waals surface area contributed by atoms with Crippen molar-refractivity contribution in [2.24, 2.45) is 11.3 Å². The van der Waals surface area contributed by atoms with Crippen molar-refractivity contribution in [1.82, 2.24) is 25.8 Å². The van der Waals surface area contributed by atoms with Crippen molar-refractivity contribution in [1.29, 1.82) is 0 Å². The van der Waals surface area contributed by atoms with E-state index < -0.39 is 29.6 Å². The Morgan fingerprint density at radius 3 is 2.21 bits per heavy atom. The second-order valence-corrected chi connectivity index (χ2v) is 10.2. The van der Waals surface area contributed by atoms with Gasteiger partial charge in [-0.15, -0.1) is 0 Å². The van der Waals surface area contributed by atoms with Crippen LogP contribution >= 0.6 is 0 Å². The molecule has 1 aliphatic heterocycles. The van der Waals surface area contributed by atoms with E-state index in [1.54, 1.807) is 7.05 Å². The zero-order valence-corrected chi connectivity index (χ0v) is 22.0. The number of nitrogens with one attached hydrogen (secondary N) is 3. The number of Topliss-reactive ketones (excluding diaryl/α,β-unsaturated/α-hetero) is 1. The van der Waals surface area contributed by atoms with E-state index in [0.717, 1.165) is 6.42 Å². The van der Waals surface area contributed by atoms with Crippen LogP contribution in [0.3, 0.4) is 0 Å². The summed E-state index contributed by atoms with van der Waals surface area (Å²) in [6.45, 7) is 13.3. The van der Waals surface area contributed by atoms with Crippen molar-refractivity contribution in [3.8, 4) is 0 Å². The van der Waals surface area contributed by atoms with Gasteiger partial charge in [0.15, 0.2) is 5.78 Å². The molecule has 0 bridgehead atoms. The molecule has 10 heteroatoms. The van der Waals surface area contributed by atoms with Gasteiger partial charge in [0, 0.05) is 20.1 Å². The summed E-state index contributed by atoms with van der Waals surface area (Å²) in [5, 5.41) is 8.03. The Balaban J connectivity index is 2.99. The molecule has 0 spiro atoms. The summed E-state index contributed by atoms with van der Waals surface area (Å²) in [6.07, 6.45) is 1.92. The number of hydrogen-bond acceptors (Lipinski definition) is 5. The third kappa shape index (κ3) is 7.99. The van der Waals surface area contributed by atoms with Crippen molar-refractivity contribution in [3.63, 3.8) is 0 Å². The minimum atomic E-state index is -0.911. The van der Waals surface area contributed by atoms with Crippen molar-refractivity contribution in [3.05, 3.63) is 0 Å². The first-order valence-electron chi connectivity index (χ1n) is 12.1. The van der Waals surface area contributed by atoms with Crippen LogP contribution in [0.5, 0.6) is 0 Å². The highest BCUT2D eigenvalue weighted by Crippen LogP contribution is 2.29. The van der Waals surface area contributed by atoms with Crippen LogP contribution in [-0.2, 0) is 19.2 Å². The summed E-state index contributed by atoms with van der Waals surface area (Å²) in [4.78, 5) is 66.1. The van der Waals surface area contributed by atoms with Crippen LogP contribution in [0.2, 0.25) is 0 Å². The van der Waals surface area contributed by atoms with Crippen LogP contribution in [0.15, 0.2) is 0 Å². The Morgan fingerprint density at radius 2 is 1.71 bits per heavy atom. The van der Waals surface area contributed by atoms with Gasteiger partial charge in [0.2, 0.25) is 17.7 Å². The highest BCUT2D eigenvalue weighted by Gasteiger charge is 2.45. The number of likely N-dealkylation sites (tertiary alicyclic amines) is 1. The van der Waals surface area contributed by atoms with Gasteiger partial charge in [-0.3, -0.25) is 19.2 Å². The van der Waals surface area contributed by atoms with Gasteiger partial charge in [-0.05, 0) is 38.0 Å². The number of hydrogen-bond donors (Lipinski definition) is 3. The van der Waals surface area contributed by atoms with E-state index in [-0.39, 0.29) is 36.0 Å². The second kappa shape index (κ2) is 12.7. The van der Waals surface area contributed by atoms with Crippen LogP contribution in [0.1, 0.15) is 67.7 Å². The highest BCUT2D eigenvalue weighted by molar-refractivity contribution is 5.95. The molecular weight excluding hydrogens is 438 g/mol. The van der Waals surface area contributed by atoms with Crippen LogP contribution < -0.4 is 16.0 Å². The van der Waals surface area contributed by atoms with Gasteiger partial charge in [-0.1, -0.05) is 41.0 Å². The largest absolute Gasteiger partial charge is 0.345 e. The Bertz CT molecular complexity index is 763. The van der Waals surface area contributed by atoms with Gasteiger partial charge in [-0.2, -0.15) is 0 Å². The zero-order valence-electron chi connectivity index (χ0n) is 22.0. The van der Waals surface area contributed by atoms with E-state index >= 15 is 0 Å². The molecule has 1 rings (SSSR count). The zero-order chi connectivity index (χ0) is 26.2. The topological polar surface area (TPSA) is 128 Å². The molecule has 1 fully saturated rings. The number of carbonyl (C=O) groups excluding carboxylic acids is 5. The fourth-order valence-corrected chi connectivity index (χ4v) is 3.98. The molecular formula is C24H43N5O5. The van der Waals surface area contributed by atoms with Gasteiger partial charge >= 0.3 is 6.03 Å². The molecule has 34 heavy (non-hydrogen) atoms. The van der Waals surface area contributed by atoms with E-state index in [1.807, 2.05) is 41.5 Å². The number of urea groups is 1. The van der Waals surface area contributed by atoms with E-state index in [9.17, 15) is 24.0 Å². The lowest BCUT2D eigenvalue weighted by atomic mass is 9.85. The molecule has 0 aromatic carbocycles. The number of ketones is 1. The Hall–Kier alpha value is -2.65. The summed E-state index contributed by atoms with van der Waals surface area (Å²) in [5.74, 6) is -1.16. The standard InChI is InChI=1S/C24H43N5O5/c1-9-11-17(16(4)30)26-21(32)19-15(3)12-13-29(19)22(33)20(24(5,6)7)27-23(34)25-14-18(31)28(8)10-2/h15,17,19-20H,9-14H2,1-8H3,(H,26,32)(H2,25,27,34)/t15-,17?,19?,20?/m0/s1. The minimum absolute atomic E-state index is 0.0881. The van der Waals surface area contributed by atoms with E-state index in [1.165, 1.54) is 16.7 Å². The minimum Gasteiger partial charge on any atom is -0.345 e. The van der Waals surface area contributed by atoms with Crippen LogP contribution in [-0.4, -0.2) is 84.1 Å². The lowest BCUT2D eigenvalue weighted by molar-refractivity contribution is -0.143. The van der Waals surface area contributed by atoms with Gasteiger partial charge < -0.3 is 25.8 Å². The SMILES string of the molecule is CCCC(NC(=O)C1[C@@H](C)CCN1C(=O)C(NC(=O)NCC(=O)N(C)CC)C(C)(C)C)C(C)=O. The average Bonchev–Trinajstić information content (AvgIpc) is 3.14. The summed E-state index contributed by atoms with van der Waals surface area (Å²) in [6, 6.07) is -2.84. The lowest BCUT2D eigenvalue weighted by Crippen LogP contribution is -2.60. The van der Waals surface area contributed by atoms with Crippen LogP contribution in [0.25, 0.3) is 0 Å². The number of likely N-dealkylation sites (N-methyl/N-ethyl adjacent to an activating group) is 1. The number of carbonyl (C=O) groups is 5. The lowest BCUT2D eigenvalue weighted by Gasteiger charge is -2.36. The molecule has 194 valence electrons. The molecule has 0 aliphatic carbocycles. The molecule has 5 amide bonds. The molecule has 10 nitrogen and oxygen atoms in total. The second-order valence-electron chi connectivity index (χ2n) is 10.2. The van der Waals surface area contributed by atoms with Gasteiger partial charge in [0.05, 0.1) is 12.6 Å². The maximum absolute atomic E-state index is 13.6. The van der Waals surface area contributed by atoms with Crippen LogP contribution in [0, 0.1) is 11.3 Å². The normalized spacial score (nSPS) is 19.7. The third-order valence-corrected chi connectivity index (χ3v) is 6.33. The molecule has 1 saturated heterocycles. The summed E-state index contributed by atoms with van der Waals surface area (Å²) in [7, 11) is 1.64. The molecule has 0 aromatic heterocycles. The summed E-state index contributed by atoms with van der Waals surface area (Å²) in [5.41, 5.74) is -0.643. The quantitative estimate of drug-likeness (QED) is 0.433. The first-order valence-corrected chi connectivity index (χ1v) is 12.1. The fourth-order valence-electron chi connectivity index (χ4n) is 3.98. The molecule has 3 N–H and O–H groups in total. The van der Waals surface area contributed by atoms with Crippen molar-refractivity contribution in [2.75, 3.05) is 26.7 Å². The summed E-state index contributed by atoms with van der Waals surface area (Å²) < 4.78 is 0. The van der Waals surface area contributed by atoms with Crippen LogP contribution in [0.4, 0.5) is 4.79 Å². The number of amides is 5. The number of rotatable bonds is 10. The van der Waals surface area contributed by atoms with Gasteiger partial charge in [0.25, 0.3) is 0 Å². The van der Waals surface area contributed by atoms with E-state index in [0.29, 0.717) is 25.9 Å². The Morgan fingerprint density at radius 1 is 1.09 bits per heavy atom. The molecule has 1 aliphatic rings. The predicted molar refractivity (Wildman–Crippen MR) is 130 cm³/mol. The summed E-state index contributed by atoms with van der Waals surface area (Å²) >= 11 is 0. The molecule has 0 aromatic rings. The molecule has 1 heterocycles. The molecule has 4 atom stereocenters. The first-order chi connectivity index (χ1) is 15.7. The van der Waals surface area contributed by atoms with Gasteiger partial charge in [0.1, 0.15) is 12.1 Å². The van der Waals surface area contributed by atoms with E-state index in [4.69, 9.17) is 0 Å². The van der Waals surface area contributed by atoms with Crippen molar-refractivity contribution >= 4 is 29.5 Å². The Labute approximate surface area is 203 Å². The first kappa shape index (κ1) is 29.4. The predicted octanol–water partition coefficient (Wildman–Crippen LogP) is 1.29. The van der Waals surface area contributed by atoms with E-state index in [2.05, 4.69) is 16.0 Å². The maximum atomic E-state index is 13.6. The highest BCUT2D eigenvalue weighted by atomic mass is 16.2. The molecule has 3 unspecified atom stereocenters. The average molecular weight is 482 g/mol. The molecule has 0 radical (unpaired) electrons. The van der Waals surface area contributed by atoms with Crippen molar-refractivity contribution < 1.29 is 24.0 Å². The fraction of sp³-hybridized carbons (Fsp3) is 0.792. The maximum Gasteiger partial charge on any atom is 0.315 e. The Kier molecular flexibility index (Phi) is 11.0. The third-order valence-electron chi connectivity index (χ3n) is 6.33. The van der Waals surface area contributed by atoms with Gasteiger partial charge in [-0.25, -0.2) is 4.79 Å². The van der Waals surface area contributed by atoms with Crippen molar-refractivity contribution in [2.45, 2.75) is 85.9 Å². The smallest absolute Gasteiger partial charge is 0.315 e.